The lowest BCUT2D eigenvalue weighted by atomic mass is 10.0. The third-order valence-corrected chi connectivity index (χ3v) is 4.02. The van der Waals surface area contributed by atoms with Crippen molar-refractivity contribution in [2.75, 3.05) is 18.0 Å². The fraction of sp³-hybridized carbons (Fsp3) is 0.400. The van der Waals surface area contributed by atoms with E-state index in [-0.39, 0.29) is 6.61 Å². The highest BCUT2D eigenvalue weighted by molar-refractivity contribution is 6.30. The van der Waals surface area contributed by atoms with E-state index in [2.05, 4.69) is 16.0 Å². The van der Waals surface area contributed by atoms with Gasteiger partial charge in [-0.2, -0.15) is 0 Å². The van der Waals surface area contributed by atoms with Gasteiger partial charge in [0.1, 0.15) is 5.15 Å². The van der Waals surface area contributed by atoms with Crippen LogP contribution in [0.25, 0.3) is 10.9 Å². The van der Waals surface area contributed by atoms with Gasteiger partial charge in [0.05, 0.1) is 12.1 Å². The molecule has 0 atom stereocenters. The molecule has 1 aromatic heterocycles. The maximum Gasteiger partial charge on any atom is 0.131 e. The number of rotatable bonds is 2. The predicted octanol–water partition coefficient (Wildman–Crippen LogP) is 3.29. The number of hydrogen-bond acceptors (Lipinski definition) is 3. The molecule has 1 saturated heterocycles. The molecule has 0 unspecified atom stereocenters. The molecule has 0 aliphatic carbocycles. The van der Waals surface area contributed by atoms with Crippen molar-refractivity contribution in [3.8, 4) is 0 Å². The van der Waals surface area contributed by atoms with E-state index in [0.717, 1.165) is 35.1 Å². The van der Waals surface area contributed by atoms with Crippen molar-refractivity contribution in [2.24, 2.45) is 0 Å². The second kappa shape index (κ2) is 4.99. The number of pyridine rings is 1. The van der Waals surface area contributed by atoms with Crippen LogP contribution < -0.4 is 4.90 Å². The van der Waals surface area contributed by atoms with Crippen LogP contribution in [0, 0.1) is 6.92 Å². The van der Waals surface area contributed by atoms with Gasteiger partial charge in [0.2, 0.25) is 0 Å². The molecule has 0 bridgehead atoms. The van der Waals surface area contributed by atoms with Crippen molar-refractivity contribution in [2.45, 2.75) is 26.4 Å². The first-order valence-corrected chi connectivity index (χ1v) is 7.02. The second-order valence-electron chi connectivity index (χ2n) is 5.11. The van der Waals surface area contributed by atoms with Gasteiger partial charge >= 0.3 is 0 Å². The van der Waals surface area contributed by atoms with Crippen LogP contribution in [0.15, 0.2) is 18.2 Å². The number of aliphatic hydroxyl groups excluding tert-OH is 1. The second-order valence-corrected chi connectivity index (χ2v) is 5.50. The Kier molecular flexibility index (Phi) is 3.33. The van der Waals surface area contributed by atoms with E-state index in [4.69, 9.17) is 11.6 Å². The van der Waals surface area contributed by atoms with E-state index in [0.29, 0.717) is 5.15 Å². The third-order valence-electron chi connectivity index (χ3n) is 3.83. The van der Waals surface area contributed by atoms with Crippen molar-refractivity contribution in [3.05, 3.63) is 34.5 Å². The number of aromatic nitrogens is 1. The monoisotopic (exact) mass is 276 g/mol. The molecular weight excluding hydrogens is 260 g/mol. The molecule has 2 heterocycles. The molecule has 1 aliphatic heterocycles. The lowest BCUT2D eigenvalue weighted by Gasteiger charge is -2.20. The summed E-state index contributed by atoms with van der Waals surface area (Å²) in [6, 6.07) is 6.00. The Morgan fingerprint density at radius 1 is 1.26 bits per heavy atom. The first-order valence-electron chi connectivity index (χ1n) is 6.64. The fourth-order valence-corrected chi connectivity index (χ4v) is 2.96. The van der Waals surface area contributed by atoms with E-state index in [1.54, 1.807) is 0 Å². The van der Waals surface area contributed by atoms with E-state index in [9.17, 15) is 5.11 Å². The summed E-state index contributed by atoms with van der Waals surface area (Å²) in [5.41, 5.74) is 4.04. The predicted molar refractivity (Wildman–Crippen MR) is 78.9 cm³/mol. The number of aryl methyl sites for hydroxylation is 1. The minimum absolute atomic E-state index is 0.0367. The van der Waals surface area contributed by atoms with Gasteiger partial charge in [-0.3, -0.25) is 0 Å². The Bertz CT molecular complexity index is 621. The van der Waals surface area contributed by atoms with Crippen molar-refractivity contribution < 1.29 is 5.11 Å². The van der Waals surface area contributed by atoms with E-state index in [1.807, 2.05) is 19.1 Å². The molecule has 1 fully saturated rings. The number of halogens is 1. The Morgan fingerprint density at radius 3 is 2.68 bits per heavy atom. The molecule has 0 amide bonds. The molecule has 19 heavy (non-hydrogen) atoms. The molecule has 1 N–H and O–H groups in total. The van der Waals surface area contributed by atoms with Gasteiger partial charge in [-0.15, -0.1) is 0 Å². The molecule has 0 saturated carbocycles. The molecule has 4 heteroatoms. The van der Waals surface area contributed by atoms with Crippen LogP contribution in [0.5, 0.6) is 0 Å². The topological polar surface area (TPSA) is 36.4 Å². The van der Waals surface area contributed by atoms with Gasteiger partial charge in [0.15, 0.2) is 0 Å². The Balaban J connectivity index is 2.22. The fourth-order valence-electron chi connectivity index (χ4n) is 2.77. The standard InChI is InChI=1S/C15H17ClN2O/c1-10-6-12-13(7-11(10)9-19)17-15(16)8-14(12)18-4-2-3-5-18/h6-8,19H,2-5,9H2,1H3. The molecule has 0 spiro atoms. The van der Waals surface area contributed by atoms with Crippen LogP contribution >= 0.6 is 11.6 Å². The van der Waals surface area contributed by atoms with Crippen molar-refractivity contribution >= 4 is 28.2 Å². The number of aliphatic hydroxyl groups is 1. The van der Waals surface area contributed by atoms with Gasteiger partial charge in [-0.25, -0.2) is 4.98 Å². The van der Waals surface area contributed by atoms with Gasteiger partial charge in [0, 0.05) is 24.2 Å². The molecule has 100 valence electrons. The lowest BCUT2D eigenvalue weighted by molar-refractivity contribution is 0.281. The van der Waals surface area contributed by atoms with Gasteiger partial charge in [0.25, 0.3) is 0 Å². The molecule has 0 radical (unpaired) electrons. The normalized spacial score (nSPS) is 15.4. The van der Waals surface area contributed by atoms with Crippen LogP contribution in [0.1, 0.15) is 24.0 Å². The molecule has 3 nitrogen and oxygen atoms in total. The van der Waals surface area contributed by atoms with Gasteiger partial charge < -0.3 is 10.0 Å². The number of benzene rings is 1. The van der Waals surface area contributed by atoms with Crippen molar-refractivity contribution in [1.29, 1.82) is 0 Å². The first-order chi connectivity index (χ1) is 9.19. The summed E-state index contributed by atoms with van der Waals surface area (Å²) in [5, 5.41) is 11.0. The van der Waals surface area contributed by atoms with Crippen LogP contribution in [0.2, 0.25) is 5.15 Å². The Hall–Kier alpha value is -1.32. The van der Waals surface area contributed by atoms with Gasteiger partial charge in [-0.1, -0.05) is 11.6 Å². The summed E-state index contributed by atoms with van der Waals surface area (Å²) in [6.45, 7) is 4.22. The highest BCUT2D eigenvalue weighted by Gasteiger charge is 2.17. The van der Waals surface area contributed by atoms with Crippen LogP contribution in [0.3, 0.4) is 0 Å². The molecule has 1 aliphatic rings. The SMILES string of the molecule is Cc1cc2c(N3CCCC3)cc(Cl)nc2cc1CO. The van der Waals surface area contributed by atoms with Crippen molar-refractivity contribution in [1.82, 2.24) is 4.98 Å². The summed E-state index contributed by atoms with van der Waals surface area (Å²) in [7, 11) is 0. The van der Waals surface area contributed by atoms with E-state index < -0.39 is 0 Å². The zero-order valence-corrected chi connectivity index (χ0v) is 11.7. The highest BCUT2D eigenvalue weighted by atomic mass is 35.5. The maximum atomic E-state index is 9.36. The highest BCUT2D eigenvalue weighted by Crippen LogP contribution is 2.32. The average molecular weight is 277 g/mol. The maximum absolute atomic E-state index is 9.36. The van der Waals surface area contributed by atoms with Crippen LogP contribution in [0.4, 0.5) is 5.69 Å². The first kappa shape index (κ1) is 12.7. The van der Waals surface area contributed by atoms with E-state index >= 15 is 0 Å². The summed E-state index contributed by atoms with van der Waals surface area (Å²) >= 11 is 6.14. The smallest absolute Gasteiger partial charge is 0.131 e. The summed E-state index contributed by atoms with van der Waals surface area (Å²) in [5.74, 6) is 0. The number of hydrogen-bond donors (Lipinski definition) is 1. The minimum atomic E-state index is 0.0367. The van der Waals surface area contributed by atoms with Crippen LogP contribution in [-0.4, -0.2) is 23.2 Å². The average Bonchev–Trinajstić information content (AvgIpc) is 2.91. The van der Waals surface area contributed by atoms with Crippen molar-refractivity contribution in [3.63, 3.8) is 0 Å². The lowest BCUT2D eigenvalue weighted by Crippen LogP contribution is -2.18. The molecular formula is C15H17ClN2O. The van der Waals surface area contributed by atoms with Gasteiger partial charge in [-0.05, 0) is 49.1 Å². The summed E-state index contributed by atoms with van der Waals surface area (Å²) in [4.78, 5) is 6.75. The number of anilines is 1. The minimum Gasteiger partial charge on any atom is -0.392 e. The summed E-state index contributed by atoms with van der Waals surface area (Å²) in [6.07, 6.45) is 2.46. The van der Waals surface area contributed by atoms with E-state index in [1.165, 1.54) is 18.5 Å². The molecule has 1 aromatic carbocycles. The molecule has 3 rings (SSSR count). The van der Waals surface area contributed by atoms with Crippen LogP contribution in [-0.2, 0) is 6.61 Å². The third kappa shape index (κ3) is 2.28. The quantitative estimate of drug-likeness (QED) is 0.855. The Morgan fingerprint density at radius 2 is 2.00 bits per heavy atom. The summed E-state index contributed by atoms with van der Waals surface area (Å²) < 4.78 is 0. The molecule has 2 aromatic rings. The zero-order chi connectivity index (χ0) is 13.4. The number of fused-ring (bicyclic) bond motifs is 1. The number of nitrogens with zero attached hydrogens (tertiary/aromatic N) is 2. The Labute approximate surface area is 117 Å². The largest absolute Gasteiger partial charge is 0.392 e. The zero-order valence-electron chi connectivity index (χ0n) is 11.0.